The molecule has 1 heterocycles. The number of rotatable bonds is 6. The van der Waals surface area contributed by atoms with Crippen LogP contribution in [0, 0.1) is 6.92 Å². The number of benzene rings is 2. The van der Waals surface area contributed by atoms with Crippen LogP contribution >= 0.6 is 11.3 Å². The van der Waals surface area contributed by atoms with Crippen molar-refractivity contribution in [1.29, 1.82) is 0 Å². The monoisotopic (exact) mass is 312 g/mol. The van der Waals surface area contributed by atoms with Crippen LogP contribution in [0.25, 0.3) is 10.2 Å². The van der Waals surface area contributed by atoms with Crippen LogP contribution in [0.15, 0.2) is 42.5 Å². The average molecular weight is 312 g/mol. The highest BCUT2D eigenvalue weighted by atomic mass is 32.1. The van der Waals surface area contributed by atoms with Crippen molar-refractivity contribution in [3.63, 3.8) is 0 Å². The fraction of sp³-hybridized carbons (Fsp3) is 0.278. The van der Waals surface area contributed by atoms with Crippen molar-refractivity contribution < 1.29 is 4.74 Å². The van der Waals surface area contributed by atoms with Crippen LogP contribution in [0.4, 0.5) is 5.13 Å². The molecule has 3 rings (SSSR count). The van der Waals surface area contributed by atoms with Crippen LogP contribution in [-0.2, 0) is 6.54 Å². The second-order valence-electron chi connectivity index (χ2n) is 5.29. The second kappa shape index (κ2) is 6.79. The molecule has 0 saturated heterocycles. The molecule has 3 aromatic rings. The molecule has 0 unspecified atom stereocenters. The number of aromatic nitrogens is 1. The summed E-state index contributed by atoms with van der Waals surface area (Å²) < 4.78 is 6.95. The maximum absolute atomic E-state index is 5.79. The van der Waals surface area contributed by atoms with Gasteiger partial charge >= 0.3 is 0 Å². The maximum atomic E-state index is 5.79. The third kappa shape index (κ3) is 3.39. The summed E-state index contributed by atoms with van der Waals surface area (Å²) in [6.07, 6.45) is 1.02. The molecule has 0 aliphatic carbocycles. The van der Waals surface area contributed by atoms with E-state index in [9.17, 15) is 0 Å². The second-order valence-corrected chi connectivity index (χ2v) is 6.32. The number of hydrogen-bond donors (Lipinski definition) is 1. The minimum Gasteiger partial charge on any atom is -0.493 e. The lowest BCUT2D eigenvalue weighted by Gasteiger charge is -2.07. The SMILES string of the molecule is CCCOc1cc2sc(NCc3ccccc3)nc2cc1C. The number of fused-ring (bicyclic) bond motifs is 1. The molecule has 1 aromatic heterocycles. The maximum Gasteiger partial charge on any atom is 0.184 e. The van der Waals surface area contributed by atoms with Crippen molar-refractivity contribution in [3.8, 4) is 5.75 Å². The van der Waals surface area contributed by atoms with Gasteiger partial charge in [0.2, 0.25) is 0 Å². The van der Waals surface area contributed by atoms with E-state index in [4.69, 9.17) is 4.74 Å². The molecule has 0 radical (unpaired) electrons. The van der Waals surface area contributed by atoms with E-state index in [0.29, 0.717) is 0 Å². The Labute approximate surface area is 135 Å². The standard InChI is InChI=1S/C18H20N2OS/c1-3-9-21-16-11-17-15(10-13(16)2)20-18(22-17)19-12-14-7-5-4-6-8-14/h4-8,10-11H,3,9,12H2,1-2H3,(H,19,20). The minimum absolute atomic E-state index is 0.754. The number of hydrogen-bond acceptors (Lipinski definition) is 4. The largest absolute Gasteiger partial charge is 0.493 e. The lowest BCUT2D eigenvalue weighted by atomic mass is 10.2. The Kier molecular flexibility index (Phi) is 4.59. The Morgan fingerprint density at radius 2 is 2.00 bits per heavy atom. The van der Waals surface area contributed by atoms with Crippen LogP contribution in [-0.4, -0.2) is 11.6 Å². The van der Waals surface area contributed by atoms with Gasteiger partial charge in [-0.05, 0) is 36.6 Å². The van der Waals surface area contributed by atoms with Gasteiger partial charge in [-0.25, -0.2) is 4.98 Å². The molecule has 1 N–H and O–H groups in total. The molecule has 0 bridgehead atoms. The van der Waals surface area contributed by atoms with Crippen LogP contribution < -0.4 is 10.1 Å². The van der Waals surface area contributed by atoms with E-state index in [1.165, 1.54) is 5.56 Å². The van der Waals surface area contributed by atoms with Gasteiger partial charge in [0.1, 0.15) is 5.75 Å². The summed E-state index contributed by atoms with van der Waals surface area (Å²) in [6, 6.07) is 14.6. The molecular weight excluding hydrogens is 292 g/mol. The molecule has 2 aromatic carbocycles. The van der Waals surface area contributed by atoms with Gasteiger partial charge in [-0.3, -0.25) is 0 Å². The first-order chi connectivity index (χ1) is 10.8. The normalized spacial score (nSPS) is 10.8. The molecule has 0 amide bonds. The molecule has 0 aliphatic rings. The van der Waals surface area contributed by atoms with Crippen LogP contribution in [0.3, 0.4) is 0 Å². The van der Waals surface area contributed by atoms with E-state index in [1.807, 2.05) is 6.07 Å². The van der Waals surface area contributed by atoms with E-state index >= 15 is 0 Å². The molecule has 114 valence electrons. The lowest BCUT2D eigenvalue weighted by Crippen LogP contribution is -1.98. The minimum atomic E-state index is 0.754. The lowest BCUT2D eigenvalue weighted by molar-refractivity contribution is 0.316. The van der Waals surface area contributed by atoms with Crippen molar-refractivity contribution in [3.05, 3.63) is 53.6 Å². The van der Waals surface area contributed by atoms with Crippen molar-refractivity contribution in [2.75, 3.05) is 11.9 Å². The summed E-state index contributed by atoms with van der Waals surface area (Å²) in [5.74, 6) is 0.965. The highest BCUT2D eigenvalue weighted by molar-refractivity contribution is 7.22. The van der Waals surface area contributed by atoms with Gasteiger partial charge in [-0.15, -0.1) is 0 Å². The van der Waals surface area contributed by atoms with E-state index in [-0.39, 0.29) is 0 Å². The van der Waals surface area contributed by atoms with Gasteiger partial charge in [0.25, 0.3) is 0 Å². The summed E-state index contributed by atoms with van der Waals surface area (Å²) in [7, 11) is 0. The van der Waals surface area contributed by atoms with E-state index in [0.717, 1.165) is 46.2 Å². The molecule has 0 spiro atoms. The Morgan fingerprint density at radius 3 is 2.77 bits per heavy atom. The zero-order valence-electron chi connectivity index (χ0n) is 12.9. The summed E-state index contributed by atoms with van der Waals surface area (Å²) in [5.41, 5.74) is 3.42. The predicted molar refractivity (Wildman–Crippen MR) is 93.9 cm³/mol. The predicted octanol–water partition coefficient (Wildman–Crippen LogP) is 5.01. The summed E-state index contributed by atoms with van der Waals surface area (Å²) in [4.78, 5) is 4.66. The summed E-state index contributed by atoms with van der Waals surface area (Å²) >= 11 is 1.67. The van der Waals surface area contributed by atoms with Crippen molar-refractivity contribution in [2.45, 2.75) is 26.8 Å². The van der Waals surface area contributed by atoms with Crippen LogP contribution in [0.5, 0.6) is 5.75 Å². The number of nitrogens with zero attached hydrogens (tertiary/aromatic N) is 1. The highest BCUT2D eigenvalue weighted by Crippen LogP contribution is 2.32. The van der Waals surface area contributed by atoms with Gasteiger partial charge in [-0.2, -0.15) is 0 Å². The molecule has 22 heavy (non-hydrogen) atoms. The zero-order valence-corrected chi connectivity index (χ0v) is 13.7. The topological polar surface area (TPSA) is 34.1 Å². The number of anilines is 1. The Morgan fingerprint density at radius 1 is 1.18 bits per heavy atom. The molecule has 0 fully saturated rings. The average Bonchev–Trinajstić information content (AvgIpc) is 2.93. The van der Waals surface area contributed by atoms with Crippen LogP contribution in [0.1, 0.15) is 24.5 Å². The first-order valence-electron chi connectivity index (χ1n) is 7.58. The number of nitrogens with one attached hydrogen (secondary N) is 1. The summed E-state index contributed by atoms with van der Waals surface area (Å²) in [6.45, 7) is 5.73. The Bertz CT molecular complexity index is 752. The first-order valence-corrected chi connectivity index (χ1v) is 8.39. The third-order valence-corrected chi connectivity index (χ3v) is 4.41. The van der Waals surface area contributed by atoms with Gasteiger partial charge in [0.15, 0.2) is 5.13 Å². The third-order valence-electron chi connectivity index (χ3n) is 3.43. The smallest absolute Gasteiger partial charge is 0.184 e. The van der Waals surface area contributed by atoms with Crippen LogP contribution in [0.2, 0.25) is 0 Å². The summed E-state index contributed by atoms with van der Waals surface area (Å²) in [5, 5.41) is 4.35. The molecule has 0 atom stereocenters. The number of ether oxygens (including phenoxy) is 1. The quantitative estimate of drug-likeness (QED) is 0.695. The number of aryl methyl sites for hydroxylation is 1. The molecule has 4 heteroatoms. The van der Waals surface area contributed by atoms with Crippen molar-refractivity contribution in [1.82, 2.24) is 4.98 Å². The fourth-order valence-corrected chi connectivity index (χ4v) is 3.15. The highest BCUT2D eigenvalue weighted by Gasteiger charge is 2.08. The van der Waals surface area contributed by atoms with Gasteiger partial charge in [0.05, 0.1) is 16.8 Å². The van der Waals surface area contributed by atoms with Gasteiger partial charge in [0, 0.05) is 6.54 Å². The molecule has 0 aliphatic heterocycles. The van der Waals surface area contributed by atoms with Crippen molar-refractivity contribution >= 4 is 26.7 Å². The van der Waals surface area contributed by atoms with E-state index in [2.05, 4.69) is 60.5 Å². The zero-order chi connectivity index (χ0) is 15.4. The van der Waals surface area contributed by atoms with E-state index < -0.39 is 0 Å². The molecule has 3 nitrogen and oxygen atoms in total. The van der Waals surface area contributed by atoms with Gasteiger partial charge < -0.3 is 10.1 Å². The number of thiazole rings is 1. The Hall–Kier alpha value is -2.07. The first kappa shape index (κ1) is 14.9. The molecule has 0 saturated carbocycles. The van der Waals surface area contributed by atoms with E-state index in [1.54, 1.807) is 11.3 Å². The van der Waals surface area contributed by atoms with Crippen molar-refractivity contribution in [2.24, 2.45) is 0 Å². The van der Waals surface area contributed by atoms with Gasteiger partial charge in [-0.1, -0.05) is 48.6 Å². The Balaban J connectivity index is 1.77. The molecular formula is C18H20N2OS. The fourth-order valence-electron chi connectivity index (χ4n) is 2.28.